The van der Waals surface area contributed by atoms with Gasteiger partial charge in [-0.1, -0.05) is 16.8 Å². The van der Waals surface area contributed by atoms with Gasteiger partial charge in [-0.25, -0.2) is 0 Å². The molecule has 1 aliphatic heterocycles. The summed E-state index contributed by atoms with van der Waals surface area (Å²) in [6, 6.07) is 6.94. The Labute approximate surface area is 139 Å². The number of hydrogen-bond donors (Lipinski definition) is 2. The summed E-state index contributed by atoms with van der Waals surface area (Å²) in [5.74, 6) is 0. The molecule has 1 atom stereocenters. The zero-order valence-electron chi connectivity index (χ0n) is 13.2. The first-order valence-corrected chi connectivity index (χ1v) is 8.05. The van der Waals surface area contributed by atoms with Gasteiger partial charge in [0.05, 0.1) is 0 Å². The summed E-state index contributed by atoms with van der Waals surface area (Å²) in [7, 11) is 0. The Kier molecular flexibility index (Phi) is 3.86. The van der Waals surface area contributed by atoms with Gasteiger partial charge in [0.2, 0.25) is 5.71 Å². The molecule has 1 aliphatic carbocycles. The Morgan fingerprint density at radius 1 is 1.26 bits per heavy atom. The Hall–Kier alpha value is -1.63. The van der Waals surface area contributed by atoms with E-state index in [2.05, 4.69) is 5.16 Å². The monoisotopic (exact) mass is 337 g/mol. The van der Waals surface area contributed by atoms with Gasteiger partial charge in [-0.2, -0.15) is 4.74 Å². The zero-order chi connectivity index (χ0) is 16.8. The average Bonchev–Trinajstić information content (AvgIpc) is 2.68. The van der Waals surface area contributed by atoms with Crippen LogP contribution in [0.1, 0.15) is 45.1 Å². The van der Waals surface area contributed by atoms with Gasteiger partial charge in [-0.05, 0) is 57.4 Å². The molecule has 3 rings (SSSR count). The van der Waals surface area contributed by atoms with Gasteiger partial charge in [0.1, 0.15) is 11.3 Å². The summed E-state index contributed by atoms with van der Waals surface area (Å²) < 4.78 is 0.810. The largest absolute Gasteiger partial charge is 0.622 e. The normalized spacial score (nSPS) is 29.7. The molecular formula is C16H20ClN3O3. The van der Waals surface area contributed by atoms with Crippen LogP contribution < -0.4 is 0 Å². The summed E-state index contributed by atoms with van der Waals surface area (Å²) >= 11 is 5.93. The van der Waals surface area contributed by atoms with Crippen molar-refractivity contribution in [3.63, 3.8) is 0 Å². The lowest BCUT2D eigenvalue weighted by atomic mass is 9.86. The van der Waals surface area contributed by atoms with Gasteiger partial charge in [0.15, 0.2) is 0 Å². The summed E-state index contributed by atoms with van der Waals surface area (Å²) in [6.07, 6.45) is 2.50. The fourth-order valence-electron chi connectivity index (χ4n) is 3.75. The van der Waals surface area contributed by atoms with Crippen molar-refractivity contribution in [1.29, 1.82) is 0 Å². The van der Waals surface area contributed by atoms with E-state index < -0.39 is 11.2 Å². The highest BCUT2D eigenvalue weighted by Gasteiger charge is 2.65. The van der Waals surface area contributed by atoms with Crippen LogP contribution in [0.3, 0.4) is 0 Å². The third-order valence-corrected chi connectivity index (χ3v) is 5.14. The maximum atomic E-state index is 13.2. The topological polar surface area (TPSA) is 82.1 Å². The predicted octanol–water partition coefficient (Wildman–Crippen LogP) is 3.22. The van der Waals surface area contributed by atoms with Crippen LogP contribution in [-0.2, 0) is 0 Å². The minimum atomic E-state index is -1.34. The van der Waals surface area contributed by atoms with E-state index >= 15 is 0 Å². The van der Waals surface area contributed by atoms with Crippen molar-refractivity contribution in [1.82, 2.24) is 5.06 Å². The lowest BCUT2D eigenvalue weighted by molar-refractivity contribution is -0.568. The maximum absolute atomic E-state index is 13.2. The molecule has 1 spiro atoms. The first-order valence-electron chi connectivity index (χ1n) is 7.67. The predicted molar refractivity (Wildman–Crippen MR) is 87.3 cm³/mol. The highest BCUT2D eigenvalue weighted by molar-refractivity contribution is 6.30. The van der Waals surface area contributed by atoms with E-state index in [1.54, 1.807) is 38.1 Å². The Balaban J connectivity index is 2.22. The van der Waals surface area contributed by atoms with Crippen LogP contribution in [0.2, 0.25) is 5.02 Å². The van der Waals surface area contributed by atoms with Crippen molar-refractivity contribution in [2.75, 3.05) is 0 Å². The van der Waals surface area contributed by atoms with Crippen LogP contribution >= 0.6 is 11.6 Å². The molecule has 0 saturated heterocycles. The highest BCUT2D eigenvalue weighted by atomic mass is 35.5. The average molecular weight is 338 g/mol. The van der Waals surface area contributed by atoms with Gasteiger partial charge < -0.3 is 15.6 Å². The molecule has 1 fully saturated rings. The number of nitrogens with zero attached hydrogens (tertiary/aromatic N) is 3. The second kappa shape index (κ2) is 5.47. The third kappa shape index (κ3) is 2.16. The van der Waals surface area contributed by atoms with E-state index in [-0.39, 0.29) is 0 Å². The molecule has 7 heteroatoms. The van der Waals surface area contributed by atoms with E-state index in [0.717, 1.165) is 22.6 Å². The lowest BCUT2D eigenvalue weighted by Gasteiger charge is -2.38. The number of halogens is 1. The maximum Gasteiger partial charge on any atom is 0.293 e. The van der Waals surface area contributed by atoms with Gasteiger partial charge in [-0.15, -0.1) is 5.06 Å². The summed E-state index contributed by atoms with van der Waals surface area (Å²) in [5, 5.41) is 38.4. The Morgan fingerprint density at radius 2 is 1.91 bits per heavy atom. The molecule has 1 unspecified atom stereocenters. The van der Waals surface area contributed by atoms with E-state index in [4.69, 9.17) is 11.6 Å². The second-order valence-electron chi connectivity index (χ2n) is 6.59. The van der Waals surface area contributed by atoms with Crippen molar-refractivity contribution in [3.05, 3.63) is 40.1 Å². The van der Waals surface area contributed by atoms with Crippen LogP contribution in [0.15, 0.2) is 29.4 Å². The molecule has 0 aromatic heterocycles. The number of benzene rings is 1. The van der Waals surface area contributed by atoms with E-state index in [1.807, 2.05) is 0 Å². The standard InChI is InChI=1S/C16H20ClN3O3/c1-15(2)14(11-6-8-12(17)9-7-11)19(22)16(20(15)23)10-4-3-5-13(16)18-21/h6-9,21,23H,3-5,10H2,1-2H3. The van der Waals surface area contributed by atoms with Crippen LogP contribution in [-0.4, -0.2) is 42.8 Å². The number of hydrogen-bond acceptors (Lipinski definition) is 5. The van der Waals surface area contributed by atoms with E-state index in [9.17, 15) is 15.6 Å². The molecule has 0 amide bonds. The molecule has 23 heavy (non-hydrogen) atoms. The molecule has 6 nitrogen and oxygen atoms in total. The van der Waals surface area contributed by atoms with Gasteiger partial charge in [0, 0.05) is 17.0 Å². The third-order valence-electron chi connectivity index (χ3n) is 4.89. The smallest absolute Gasteiger partial charge is 0.293 e. The molecule has 1 aromatic carbocycles. The van der Waals surface area contributed by atoms with Crippen LogP contribution in [0.5, 0.6) is 0 Å². The molecule has 2 N–H and O–H groups in total. The molecule has 1 saturated carbocycles. The van der Waals surface area contributed by atoms with E-state index in [1.165, 1.54) is 0 Å². The Morgan fingerprint density at radius 3 is 2.52 bits per heavy atom. The number of rotatable bonds is 1. The molecule has 2 aliphatic rings. The SMILES string of the molecule is CC1(C)C(c2ccc(Cl)cc2)=[N+]([O-])C2(CCCCC2=NO)N1O. The second-order valence-corrected chi connectivity index (χ2v) is 7.03. The van der Waals surface area contributed by atoms with Gasteiger partial charge >= 0.3 is 0 Å². The molecule has 1 heterocycles. The fourth-order valence-corrected chi connectivity index (χ4v) is 3.87. The van der Waals surface area contributed by atoms with Crippen molar-refractivity contribution < 1.29 is 15.2 Å². The first kappa shape index (κ1) is 16.2. The van der Waals surface area contributed by atoms with Crippen molar-refractivity contribution in [3.8, 4) is 0 Å². The molecule has 124 valence electrons. The lowest BCUT2D eigenvalue weighted by Crippen LogP contribution is -2.60. The van der Waals surface area contributed by atoms with Crippen molar-refractivity contribution in [2.45, 2.75) is 50.7 Å². The minimum Gasteiger partial charge on any atom is -0.622 e. The summed E-state index contributed by atoms with van der Waals surface area (Å²) in [6.45, 7) is 3.56. The van der Waals surface area contributed by atoms with Gasteiger partial charge in [0.25, 0.3) is 5.66 Å². The van der Waals surface area contributed by atoms with Crippen LogP contribution in [0.4, 0.5) is 0 Å². The van der Waals surface area contributed by atoms with Gasteiger partial charge in [-0.3, -0.25) is 0 Å². The number of hydroxylamine groups is 3. The summed E-state index contributed by atoms with van der Waals surface area (Å²) in [4.78, 5) is 0. The molecule has 0 bridgehead atoms. The fraction of sp³-hybridized carbons (Fsp3) is 0.500. The zero-order valence-corrected chi connectivity index (χ0v) is 13.9. The first-order chi connectivity index (χ1) is 10.9. The number of oxime groups is 1. The highest BCUT2D eigenvalue weighted by Crippen LogP contribution is 2.42. The minimum absolute atomic E-state index is 0.304. The quantitative estimate of drug-likeness (QED) is 0.357. The van der Waals surface area contributed by atoms with E-state index in [0.29, 0.717) is 34.9 Å². The van der Waals surface area contributed by atoms with Crippen LogP contribution in [0.25, 0.3) is 0 Å². The Bertz CT molecular complexity index is 684. The van der Waals surface area contributed by atoms with Crippen LogP contribution in [0, 0.1) is 5.21 Å². The molecule has 0 radical (unpaired) electrons. The molecular weight excluding hydrogens is 318 g/mol. The summed E-state index contributed by atoms with van der Waals surface area (Å²) in [5.41, 5.74) is -0.847. The molecule has 1 aromatic rings. The van der Waals surface area contributed by atoms with Crippen molar-refractivity contribution in [2.24, 2.45) is 5.16 Å². The van der Waals surface area contributed by atoms with Crippen molar-refractivity contribution >= 4 is 23.0 Å².